The van der Waals surface area contributed by atoms with Crippen LogP contribution in [0.1, 0.15) is 13.8 Å². The molecule has 0 N–H and O–H groups in total. The maximum Gasteiger partial charge on any atom is 0.288 e. The first-order valence-corrected chi connectivity index (χ1v) is 6.22. The Morgan fingerprint density at radius 2 is 2.11 bits per heavy atom. The van der Waals surface area contributed by atoms with E-state index < -0.39 is 0 Å². The summed E-state index contributed by atoms with van der Waals surface area (Å²) in [6, 6.07) is 0. The Morgan fingerprint density at radius 1 is 1.33 bits per heavy atom. The molecule has 0 bridgehead atoms. The topological polar surface area (TPSA) is 60.0 Å². The quantitative estimate of drug-likeness (QED) is 0.770. The van der Waals surface area contributed by atoms with Crippen LogP contribution in [0.15, 0.2) is 23.0 Å². The molecule has 0 fully saturated rings. The van der Waals surface area contributed by atoms with Crippen LogP contribution in [0.4, 0.5) is 0 Å². The van der Waals surface area contributed by atoms with E-state index in [0.29, 0.717) is 23.1 Å². The molecule has 0 aliphatic heterocycles. The molecule has 96 valence electrons. The van der Waals surface area contributed by atoms with Gasteiger partial charge in [0.25, 0.3) is 10.7 Å². The first-order chi connectivity index (χ1) is 8.74. The second-order valence-corrected chi connectivity index (χ2v) is 4.06. The third-order valence-electron chi connectivity index (χ3n) is 2.62. The van der Waals surface area contributed by atoms with Crippen LogP contribution in [0.5, 0.6) is 0 Å². The highest BCUT2D eigenvalue weighted by molar-refractivity contribution is 7.71. The van der Waals surface area contributed by atoms with Gasteiger partial charge in [-0.25, -0.2) is 9.67 Å². The number of nitrogens with zero attached hydrogens (tertiary/aromatic N) is 5. The Kier molecular flexibility index (Phi) is 4.16. The lowest BCUT2D eigenvalue weighted by Crippen LogP contribution is -2.26. The highest BCUT2D eigenvalue weighted by atomic mass is 32.1. The average molecular weight is 265 g/mol. The highest BCUT2D eigenvalue weighted by Gasteiger charge is 2.10. The zero-order valence-electron chi connectivity index (χ0n) is 10.4. The Morgan fingerprint density at radius 3 is 2.72 bits per heavy atom. The van der Waals surface area contributed by atoms with Gasteiger partial charge in [-0.2, -0.15) is 0 Å². The molecule has 2 rings (SSSR count). The lowest BCUT2D eigenvalue weighted by atomic mass is 10.4. The zero-order valence-corrected chi connectivity index (χ0v) is 11.2. The van der Waals surface area contributed by atoms with Crippen LogP contribution >= 0.6 is 12.2 Å². The molecule has 0 saturated carbocycles. The van der Waals surface area contributed by atoms with Gasteiger partial charge in [0.1, 0.15) is 5.69 Å². The van der Waals surface area contributed by atoms with Crippen LogP contribution in [0.25, 0.3) is 11.6 Å². The van der Waals surface area contributed by atoms with Crippen molar-refractivity contribution in [2.75, 3.05) is 13.1 Å². The molecule has 7 heteroatoms. The zero-order chi connectivity index (χ0) is 13.0. The van der Waals surface area contributed by atoms with Gasteiger partial charge < -0.3 is 4.42 Å². The van der Waals surface area contributed by atoms with Crippen molar-refractivity contribution >= 4 is 12.2 Å². The normalized spacial score (nSPS) is 11.1. The van der Waals surface area contributed by atoms with Crippen LogP contribution in [-0.2, 0) is 6.67 Å². The smallest absolute Gasteiger partial charge is 0.288 e. The molecular weight excluding hydrogens is 250 g/mol. The van der Waals surface area contributed by atoms with Gasteiger partial charge >= 0.3 is 0 Å². The molecular formula is C11H15N5OS. The fraction of sp³-hybridized carbons (Fsp3) is 0.455. The van der Waals surface area contributed by atoms with Crippen molar-refractivity contribution in [3.05, 3.63) is 23.4 Å². The van der Waals surface area contributed by atoms with E-state index in [4.69, 9.17) is 16.6 Å². The second kappa shape index (κ2) is 5.83. The number of hydrogen-bond donors (Lipinski definition) is 0. The summed E-state index contributed by atoms with van der Waals surface area (Å²) in [4.78, 5) is 10.7. The first-order valence-electron chi connectivity index (χ1n) is 5.81. The molecule has 0 radical (unpaired) electrons. The molecule has 2 aromatic heterocycles. The van der Waals surface area contributed by atoms with Crippen LogP contribution < -0.4 is 0 Å². The maximum absolute atomic E-state index is 5.43. The molecule has 18 heavy (non-hydrogen) atoms. The maximum atomic E-state index is 5.43. The molecule has 0 aliphatic carbocycles. The van der Waals surface area contributed by atoms with E-state index >= 15 is 0 Å². The molecule has 2 heterocycles. The summed E-state index contributed by atoms with van der Waals surface area (Å²) in [7, 11) is 0. The van der Waals surface area contributed by atoms with Crippen molar-refractivity contribution in [2.45, 2.75) is 20.5 Å². The molecule has 2 aromatic rings. The Balaban J connectivity index is 2.25. The summed E-state index contributed by atoms with van der Waals surface area (Å²) in [5.41, 5.74) is 0.585. The minimum absolute atomic E-state index is 0.350. The van der Waals surface area contributed by atoms with E-state index in [1.54, 1.807) is 23.3 Å². The van der Waals surface area contributed by atoms with E-state index in [-0.39, 0.29) is 0 Å². The lowest BCUT2D eigenvalue weighted by Gasteiger charge is -2.16. The Labute approximate surface area is 110 Å². The SMILES string of the molecule is CCN(CC)Cn1nc(-c2cnccn2)oc1=S. The van der Waals surface area contributed by atoms with Gasteiger partial charge in [0.15, 0.2) is 0 Å². The predicted octanol–water partition coefficient (Wildman–Crippen LogP) is 1.96. The van der Waals surface area contributed by atoms with Crippen molar-refractivity contribution in [3.8, 4) is 11.6 Å². The van der Waals surface area contributed by atoms with E-state index in [2.05, 4.69) is 33.8 Å². The Bertz CT molecular complexity index is 546. The standard InChI is InChI=1S/C11H15N5OS/c1-3-15(4-2)8-16-11(18)17-10(14-16)9-7-12-5-6-13-9/h5-7H,3-4,8H2,1-2H3. The summed E-state index contributed by atoms with van der Waals surface area (Å²) < 4.78 is 7.09. The van der Waals surface area contributed by atoms with Crippen LogP contribution in [0.3, 0.4) is 0 Å². The molecule has 0 aromatic carbocycles. The number of hydrogen-bond acceptors (Lipinski definition) is 6. The average Bonchev–Trinajstić information content (AvgIpc) is 2.78. The van der Waals surface area contributed by atoms with Gasteiger partial charge in [0.05, 0.1) is 12.9 Å². The largest absolute Gasteiger partial charge is 0.407 e. The van der Waals surface area contributed by atoms with Crippen LogP contribution in [-0.4, -0.2) is 37.7 Å². The first kappa shape index (κ1) is 12.8. The van der Waals surface area contributed by atoms with Gasteiger partial charge in [-0.1, -0.05) is 13.8 Å². The summed E-state index contributed by atoms with van der Waals surface area (Å²) >= 11 is 5.15. The van der Waals surface area contributed by atoms with Crippen molar-refractivity contribution in [3.63, 3.8) is 0 Å². The third-order valence-corrected chi connectivity index (χ3v) is 2.91. The minimum Gasteiger partial charge on any atom is -0.407 e. The summed E-state index contributed by atoms with van der Waals surface area (Å²) in [5.74, 6) is 0.403. The van der Waals surface area contributed by atoms with Crippen molar-refractivity contribution in [2.24, 2.45) is 0 Å². The molecule has 6 nitrogen and oxygen atoms in total. The van der Waals surface area contributed by atoms with Gasteiger partial charge in [-0.15, -0.1) is 5.10 Å². The van der Waals surface area contributed by atoms with E-state index in [9.17, 15) is 0 Å². The lowest BCUT2D eigenvalue weighted by molar-refractivity contribution is 0.224. The summed E-state index contributed by atoms with van der Waals surface area (Å²) in [6.45, 7) is 6.68. The minimum atomic E-state index is 0.350. The summed E-state index contributed by atoms with van der Waals surface area (Å²) in [6.07, 6.45) is 4.80. The van der Waals surface area contributed by atoms with E-state index in [0.717, 1.165) is 13.1 Å². The molecule has 0 spiro atoms. The van der Waals surface area contributed by atoms with Crippen LogP contribution in [0.2, 0.25) is 0 Å². The molecule has 0 unspecified atom stereocenters. The molecule has 0 saturated heterocycles. The second-order valence-electron chi connectivity index (χ2n) is 3.71. The van der Waals surface area contributed by atoms with E-state index in [1.807, 2.05) is 0 Å². The van der Waals surface area contributed by atoms with Crippen molar-refractivity contribution in [1.29, 1.82) is 0 Å². The van der Waals surface area contributed by atoms with Crippen LogP contribution in [0, 0.1) is 4.84 Å². The molecule has 0 amide bonds. The fourth-order valence-electron chi connectivity index (χ4n) is 1.52. The summed E-state index contributed by atoms with van der Waals surface area (Å²) in [5, 5.41) is 4.32. The van der Waals surface area contributed by atoms with Gasteiger partial charge in [0.2, 0.25) is 0 Å². The van der Waals surface area contributed by atoms with Gasteiger partial charge in [-0.3, -0.25) is 9.88 Å². The van der Waals surface area contributed by atoms with Gasteiger partial charge in [0, 0.05) is 12.4 Å². The number of aromatic nitrogens is 4. The fourth-order valence-corrected chi connectivity index (χ4v) is 1.70. The van der Waals surface area contributed by atoms with Crippen molar-refractivity contribution in [1.82, 2.24) is 24.6 Å². The van der Waals surface area contributed by atoms with Crippen molar-refractivity contribution < 1.29 is 4.42 Å². The monoisotopic (exact) mass is 265 g/mol. The molecule has 0 atom stereocenters. The van der Waals surface area contributed by atoms with Gasteiger partial charge in [-0.05, 0) is 25.3 Å². The predicted molar refractivity (Wildman–Crippen MR) is 69.3 cm³/mol. The van der Waals surface area contributed by atoms with E-state index in [1.165, 1.54) is 0 Å². The number of rotatable bonds is 5. The Hall–Kier alpha value is -1.60. The highest BCUT2D eigenvalue weighted by Crippen LogP contribution is 2.13. The third kappa shape index (κ3) is 2.80. The molecule has 0 aliphatic rings.